The van der Waals surface area contributed by atoms with Gasteiger partial charge in [-0.15, -0.1) is 0 Å². The molecule has 0 aliphatic heterocycles. The van der Waals surface area contributed by atoms with Gasteiger partial charge in [-0.3, -0.25) is 10.1 Å². The molecule has 0 aliphatic carbocycles. The Balaban J connectivity index is 0.00000240. The number of nitro groups is 1. The Morgan fingerprint density at radius 3 is 1.14 bits per heavy atom. The lowest BCUT2D eigenvalue weighted by Crippen LogP contribution is -3.00. The Kier molecular flexibility index (Phi) is 6.58. The Morgan fingerprint density at radius 2 is 0.828 bits per heavy atom. The average molecular weight is 464 g/mol. The monoisotopic (exact) mass is 463 g/mol. The quantitative estimate of drug-likeness (QED) is 0.253. The van der Waals surface area contributed by atoms with E-state index in [1.54, 1.807) is 12.1 Å². The fraction of sp³-hybridized carbons (Fsp3) is 0. The summed E-state index contributed by atoms with van der Waals surface area (Å²) in [6, 6.07) is 38.4. The van der Waals surface area contributed by atoms with Crippen LogP contribution in [0.4, 0.5) is 5.69 Å². The van der Waals surface area contributed by atoms with Crippen LogP contribution in [-0.2, 0) is 0 Å². The van der Waals surface area contributed by atoms with Gasteiger partial charge in [0.25, 0.3) is 5.69 Å². The zero-order valence-corrected chi connectivity index (χ0v) is 18.0. The summed E-state index contributed by atoms with van der Waals surface area (Å²) in [5, 5.41) is 16.0. The third-order valence-corrected chi connectivity index (χ3v) is 9.17. The standard InChI is InChI=1S/C24H19NO2P.BrH/c26-25(27)20-16-18-24(19-17-20)28(21-10-4-1-5-11-21,22-12-6-2-7-13-22)23-14-8-3-9-15-23;/h1-19H;1H/q+1;/p-1. The molecule has 4 aromatic rings. The molecule has 0 bridgehead atoms. The van der Waals surface area contributed by atoms with Gasteiger partial charge in [-0.2, -0.15) is 0 Å². The second-order valence-electron chi connectivity index (χ2n) is 6.45. The van der Waals surface area contributed by atoms with Gasteiger partial charge in [-0.1, -0.05) is 54.6 Å². The maximum atomic E-state index is 11.2. The molecule has 0 aromatic heterocycles. The third-order valence-electron chi connectivity index (χ3n) is 4.88. The van der Waals surface area contributed by atoms with Crippen molar-refractivity contribution in [2.45, 2.75) is 0 Å². The van der Waals surface area contributed by atoms with Gasteiger partial charge in [0.05, 0.1) is 4.92 Å². The number of rotatable bonds is 5. The van der Waals surface area contributed by atoms with E-state index in [4.69, 9.17) is 0 Å². The van der Waals surface area contributed by atoms with E-state index in [0.29, 0.717) is 0 Å². The molecule has 29 heavy (non-hydrogen) atoms. The molecule has 4 aromatic carbocycles. The topological polar surface area (TPSA) is 43.1 Å². The molecule has 4 rings (SSSR count). The highest BCUT2D eigenvalue weighted by Crippen LogP contribution is 2.54. The molecule has 0 heterocycles. The Bertz CT molecular complexity index is 975. The smallest absolute Gasteiger partial charge is 0.269 e. The molecule has 0 saturated heterocycles. The minimum atomic E-state index is -2.18. The van der Waals surface area contributed by atoms with Crippen molar-refractivity contribution in [3.05, 3.63) is 125 Å². The summed E-state index contributed by atoms with van der Waals surface area (Å²) in [7, 11) is -2.18. The van der Waals surface area contributed by atoms with Gasteiger partial charge in [0.2, 0.25) is 0 Å². The molecule has 0 saturated carbocycles. The minimum absolute atomic E-state index is 0. The van der Waals surface area contributed by atoms with Crippen LogP contribution in [0.5, 0.6) is 0 Å². The summed E-state index contributed by atoms with van der Waals surface area (Å²) < 4.78 is 0. The van der Waals surface area contributed by atoms with Gasteiger partial charge < -0.3 is 17.0 Å². The highest BCUT2D eigenvalue weighted by atomic mass is 79.9. The SMILES string of the molecule is O=[N+]([O-])c1ccc([P+](c2ccccc2)(c2ccccc2)c2ccccc2)cc1.[Br-]. The Hall–Kier alpha value is -2.81. The van der Waals surface area contributed by atoms with Crippen molar-refractivity contribution < 1.29 is 21.9 Å². The van der Waals surface area contributed by atoms with Crippen molar-refractivity contribution in [1.82, 2.24) is 0 Å². The van der Waals surface area contributed by atoms with Crippen molar-refractivity contribution in [3.63, 3.8) is 0 Å². The van der Waals surface area contributed by atoms with E-state index in [2.05, 4.69) is 72.8 Å². The van der Waals surface area contributed by atoms with Gasteiger partial charge in [-0.05, 0) is 48.5 Å². The lowest BCUT2D eigenvalue weighted by molar-refractivity contribution is -0.384. The lowest BCUT2D eigenvalue weighted by Gasteiger charge is -2.27. The first-order valence-corrected chi connectivity index (χ1v) is 10.8. The molecule has 5 heteroatoms. The van der Waals surface area contributed by atoms with Crippen LogP contribution in [-0.4, -0.2) is 4.92 Å². The number of hydrogen-bond acceptors (Lipinski definition) is 2. The normalized spacial score (nSPS) is 10.8. The highest BCUT2D eigenvalue weighted by molar-refractivity contribution is 8.01. The fourth-order valence-corrected chi connectivity index (χ4v) is 7.89. The number of benzene rings is 4. The molecule has 0 amide bonds. The molecule has 144 valence electrons. The van der Waals surface area contributed by atoms with E-state index in [1.165, 1.54) is 15.9 Å². The molecule has 0 aliphatic rings. The molecular weight excluding hydrogens is 445 g/mol. The van der Waals surface area contributed by atoms with E-state index >= 15 is 0 Å². The second kappa shape index (κ2) is 9.13. The van der Waals surface area contributed by atoms with Crippen molar-refractivity contribution in [1.29, 1.82) is 0 Å². The maximum absolute atomic E-state index is 11.2. The first kappa shape index (κ1) is 20.9. The summed E-state index contributed by atoms with van der Waals surface area (Å²) >= 11 is 0. The van der Waals surface area contributed by atoms with E-state index in [1.807, 2.05) is 30.3 Å². The third kappa shape index (κ3) is 3.87. The van der Waals surface area contributed by atoms with Gasteiger partial charge in [0, 0.05) is 12.1 Å². The number of nitro benzene ring substituents is 1. The first-order valence-electron chi connectivity index (χ1n) is 9.04. The van der Waals surface area contributed by atoms with Crippen molar-refractivity contribution in [2.24, 2.45) is 0 Å². The summed E-state index contributed by atoms with van der Waals surface area (Å²) in [4.78, 5) is 10.8. The van der Waals surface area contributed by atoms with Crippen molar-refractivity contribution >= 4 is 34.2 Å². The average Bonchev–Trinajstić information content (AvgIpc) is 2.77. The largest absolute Gasteiger partial charge is 1.00 e. The minimum Gasteiger partial charge on any atom is -1.00 e. The number of nitrogens with zero attached hydrogens (tertiary/aromatic N) is 1. The molecule has 0 atom stereocenters. The van der Waals surface area contributed by atoms with Crippen molar-refractivity contribution in [2.75, 3.05) is 0 Å². The van der Waals surface area contributed by atoms with Gasteiger partial charge in [0.1, 0.15) is 28.5 Å². The second-order valence-corrected chi connectivity index (χ2v) is 9.86. The maximum Gasteiger partial charge on any atom is 0.269 e. The molecule has 0 fully saturated rings. The Labute approximate surface area is 181 Å². The molecule has 0 unspecified atom stereocenters. The van der Waals surface area contributed by atoms with Crippen LogP contribution in [0.25, 0.3) is 0 Å². The van der Waals surface area contributed by atoms with E-state index in [0.717, 1.165) is 5.30 Å². The Morgan fingerprint density at radius 1 is 0.517 bits per heavy atom. The predicted octanol–water partition coefficient (Wildman–Crippen LogP) is 1.22. The zero-order valence-electron chi connectivity index (χ0n) is 15.6. The number of non-ortho nitro benzene ring substituents is 1. The van der Waals surface area contributed by atoms with Crippen LogP contribution in [0.2, 0.25) is 0 Å². The van der Waals surface area contributed by atoms with E-state index in [9.17, 15) is 10.1 Å². The molecule has 0 spiro atoms. The van der Waals surface area contributed by atoms with E-state index < -0.39 is 7.26 Å². The zero-order chi connectivity index (χ0) is 19.4. The predicted molar refractivity (Wildman–Crippen MR) is 118 cm³/mol. The van der Waals surface area contributed by atoms with Gasteiger partial charge in [-0.25, -0.2) is 0 Å². The van der Waals surface area contributed by atoms with Gasteiger partial charge in [0.15, 0.2) is 0 Å². The first-order chi connectivity index (χ1) is 13.7. The molecule has 0 N–H and O–H groups in total. The van der Waals surface area contributed by atoms with Crippen LogP contribution in [0.15, 0.2) is 115 Å². The molecule has 3 nitrogen and oxygen atoms in total. The van der Waals surface area contributed by atoms with Crippen LogP contribution in [0.1, 0.15) is 0 Å². The number of halogens is 1. The van der Waals surface area contributed by atoms with Crippen LogP contribution >= 0.6 is 7.26 Å². The van der Waals surface area contributed by atoms with Crippen LogP contribution < -0.4 is 38.2 Å². The van der Waals surface area contributed by atoms with Crippen molar-refractivity contribution in [3.8, 4) is 0 Å². The lowest BCUT2D eigenvalue weighted by atomic mass is 10.3. The van der Waals surface area contributed by atoms with Crippen LogP contribution in [0, 0.1) is 10.1 Å². The molecule has 0 radical (unpaired) electrons. The highest BCUT2D eigenvalue weighted by Gasteiger charge is 2.47. The molecular formula is C24H19BrNO2P. The summed E-state index contributed by atoms with van der Waals surface area (Å²) in [6.07, 6.45) is 0. The fourth-order valence-electron chi connectivity index (χ4n) is 3.65. The number of hydrogen-bond donors (Lipinski definition) is 0. The van der Waals surface area contributed by atoms with Gasteiger partial charge >= 0.3 is 0 Å². The summed E-state index contributed by atoms with van der Waals surface area (Å²) in [5.41, 5.74) is 0.107. The summed E-state index contributed by atoms with van der Waals surface area (Å²) in [6.45, 7) is 0. The van der Waals surface area contributed by atoms with Crippen LogP contribution in [0.3, 0.4) is 0 Å². The van der Waals surface area contributed by atoms with E-state index in [-0.39, 0.29) is 27.6 Å². The summed E-state index contributed by atoms with van der Waals surface area (Å²) in [5.74, 6) is 0.